The Balaban J connectivity index is 3.44. The summed E-state index contributed by atoms with van der Waals surface area (Å²) in [5.41, 5.74) is 9.97. The molecule has 1 aromatic rings. The van der Waals surface area contributed by atoms with Gasteiger partial charge >= 0.3 is 11.6 Å². The Labute approximate surface area is 128 Å². The van der Waals surface area contributed by atoms with Crippen molar-refractivity contribution in [1.82, 2.24) is 9.97 Å². The number of aromatic nitrogens is 2. The van der Waals surface area contributed by atoms with Crippen LogP contribution < -0.4 is 11.5 Å². The van der Waals surface area contributed by atoms with E-state index in [1.165, 1.54) is 0 Å². The summed E-state index contributed by atoms with van der Waals surface area (Å²) in [5.74, 6) is -1.03. The molecular formula is C12H22N8O2. The normalized spacial score (nSPS) is 14.3. The minimum Gasteiger partial charge on any atom is -0.691 e. The fourth-order valence-corrected chi connectivity index (χ4v) is 1.37. The van der Waals surface area contributed by atoms with E-state index < -0.39 is 11.1 Å². The minimum atomic E-state index is -0.648. The molecule has 0 unspecified atom stereocenters. The summed E-state index contributed by atoms with van der Waals surface area (Å²) in [6.07, 6.45) is 0. The SMILES string of the molecule is CC(C)(C)/N=[N+](/[O-])c1nc(/[N+]([O-])=N\C(C)(C)C)c(N)nc1N. The average Bonchev–Trinajstić information content (AvgIpc) is 2.23. The highest BCUT2D eigenvalue weighted by molar-refractivity contribution is 5.58. The first-order valence-corrected chi connectivity index (χ1v) is 6.63. The number of rotatable bonds is 2. The van der Waals surface area contributed by atoms with Crippen LogP contribution in [0.5, 0.6) is 0 Å². The van der Waals surface area contributed by atoms with Gasteiger partial charge in [-0.2, -0.15) is 4.98 Å². The second-order valence-corrected chi connectivity index (χ2v) is 6.73. The first-order chi connectivity index (χ1) is 9.80. The van der Waals surface area contributed by atoms with Gasteiger partial charge in [-0.05, 0) is 41.5 Å². The Hall–Kier alpha value is -2.52. The zero-order valence-corrected chi connectivity index (χ0v) is 13.7. The van der Waals surface area contributed by atoms with Gasteiger partial charge in [0.05, 0.1) is 11.1 Å². The topological polar surface area (TPSA) is 155 Å². The lowest BCUT2D eigenvalue weighted by Crippen LogP contribution is -2.17. The molecule has 0 saturated carbocycles. The Bertz CT molecular complexity index is 574. The zero-order valence-electron chi connectivity index (χ0n) is 13.7. The fourth-order valence-electron chi connectivity index (χ4n) is 1.37. The van der Waals surface area contributed by atoms with Crippen LogP contribution in [-0.2, 0) is 0 Å². The van der Waals surface area contributed by atoms with E-state index in [4.69, 9.17) is 11.5 Å². The second-order valence-electron chi connectivity index (χ2n) is 6.73. The number of azo groups is 2. The van der Waals surface area contributed by atoms with Gasteiger partial charge in [0.1, 0.15) is 0 Å². The van der Waals surface area contributed by atoms with Gasteiger partial charge in [-0.15, -0.1) is 19.9 Å². The molecule has 0 atom stereocenters. The molecular weight excluding hydrogens is 288 g/mol. The van der Waals surface area contributed by atoms with Gasteiger partial charge in [0.2, 0.25) is 11.6 Å². The molecule has 0 bridgehead atoms. The lowest BCUT2D eigenvalue weighted by atomic mass is 10.1. The van der Waals surface area contributed by atoms with E-state index in [-0.39, 0.29) is 33.0 Å². The molecule has 0 fully saturated rings. The molecule has 0 aliphatic heterocycles. The first-order valence-electron chi connectivity index (χ1n) is 6.63. The molecule has 1 aromatic heterocycles. The molecule has 1 rings (SSSR count). The number of nitrogens with zero attached hydrogens (tertiary/aromatic N) is 6. The largest absolute Gasteiger partial charge is 0.691 e. The number of hydrogen-bond acceptors (Lipinski definition) is 8. The third kappa shape index (κ3) is 4.79. The van der Waals surface area contributed by atoms with E-state index in [0.717, 1.165) is 0 Å². The van der Waals surface area contributed by atoms with Gasteiger partial charge in [0.15, 0.2) is 0 Å². The van der Waals surface area contributed by atoms with Gasteiger partial charge < -0.3 is 21.9 Å². The highest BCUT2D eigenvalue weighted by Crippen LogP contribution is 2.27. The number of nitrogen functional groups attached to an aromatic ring is 2. The maximum atomic E-state index is 12.0. The second kappa shape index (κ2) is 5.70. The van der Waals surface area contributed by atoms with Crippen LogP contribution in [0, 0.1) is 10.4 Å². The Kier molecular flexibility index (Phi) is 4.54. The standard InChI is InChI=1S/C12H22N8O2/c1-11(2,3)17-19(21)9-7(13)15-8(14)10(16-9)20(22)18-12(4,5)6/h1-6H3,(H4,13,14,15)/b19-17+,20-18+. The van der Waals surface area contributed by atoms with Crippen molar-refractivity contribution in [1.29, 1.82) is 0 Å². The van der Waals surface area contributed by atoms with Crippen LogP contribution in [0.2, 0.25) is 0 Å². The summed E-state index contributed by atoms with van der Waals surface area (Å²) in [4.78, 5) is 8.10. The molecule has 1 heterocycles. The molecule has 0 aliphatic carbocycles. The van der Waals surface area contributed by atoms with E-state index in [1.54, 1.807) is 41.5 Å². The number of anilines is 2. The molecule has 10 heteroatoms. The Morgan fingerprint density at radius 3 is 1.36 bits per heavy atom. The van der Waals surface area contributed by atoms with Crippen molar-refractivity contribution in [2.45, 2.75) is 52.6 Å². The van der Waals surface area contributed by atoms with Crippen LogP contribution in [0.4, 0.5) is 23.3 Å². The van der Waals surface area contributed by atoms with Crippen LogP contribution in [0.25, 0.3) is 0 Å². The van der Waals surface area contributed by atoms with Crippen LogP contribution in [0.1, 0.15) is 41.5 Å². The summed E-state index contributed by atoms with van der Waals surface area (Å²) in [5, 5.41) is 31.8. The number of hydrogen-bond donors (Lipinski definition) is 2. The predicted molar refractivity (Wildman–Crippen MR) is 81.8 cm³/mol. The van der Waals surface area contributed by atoms with Crippen molar-refractivity contribution in [3.8, 4) is 0 Å². The van der Waals surface area contributed by atoms with Crippen molar-refractivity contribution in [2.75, 3.05) is 11.5 Å². The summed E-state index contributed by atoms with van der Waals surface area (Å²) < 4.78 is 0. The zero-order chi connectivity index (χ0) is 17.3. The highest BCUT2D eigenvalue weighted by atomic mass is 16.5. The van der Waals surface area contributed by atoms with Crippen molar-refractivity contribution < 1.29 is 9.72 Å². The molecule has 0 radical (unpaired) electrons. The van der Waals surface area contributed by atoms with E-state index in [1.807, 2.05) is 0 Å². The summed E-state index contributed by atoms with van der Waals surface area (Å²) in [6.45, 7) is 10.4. The van der Waals surface area contributed by atoms with Gasteiger partial charge in [0, 0.05) is 4.98 Å². The third-order valence-electron chi connectivity index (χ3n) is 2.05. The third-order valence-corrected chi connectivity index (χ3v) is 2.05. The molecule has 4 N–H and O–H groups in total. The number of nitrogens with two attached hydrogens (primary N) is 2. The van der Waals surface area contributed by atoms with Crippen molar-refractivity contribution in [3.05, 3.63) is 10.4 Å². The fraction of sp³-hybridized carbons (Fsp3) is 0.667. The van der Waals surface area contributed by atoms with Gasteiger partial charge in [-0.25, -0.2) is 0 Å². The molecule has 0 aromatic carbocycles. The molecule has 0 amide bonds. The maximum Gasteiger partial charge on any atom is 0.394 e. The van der Waals surface area contributed by atoms with E-state index in [0.29, 0.717) is 0 Å². The highest BCUT2D eigenvalue weighted by Gasteiger charge is 2.25. The van der Waals surface area contributed by atoms with Gasteiger partial charge in [-0.3, -0.25) is 0 Å². The molecule has 22 heavy (non-hydrogen) atoms. The average molecular weight is 310 g/mol. The van der Waals surface area contributed by atoms with E-state index in [9.17, 15) is 10.4 Å². The smallest absolute Gasteiger partial charge is 0.394 e. The Morgan fingerprint density at radius 1 is 0.773 bits per heavy atom. The minimum absolute atomic E-state index is 0.214. The van der Waals surface area contributed by atoms with Gasteiger partial charge in [-0.1, -0.05) is 0 Å². The summed E-state index contributed by atoms with van der Waals surface area (Å²) >= 11 is 0. The predicted octanol–water partition coefficient (Wildman–Crippen LogP) is 2.43. The lowest BCUT2D eigenvalue weighted by molar-refractivity contribution is -0.465. The molecule has 0 aliphatic rings. The summed E-state index contributed by atoms with van der Waals surface area (Å²) in [6, 6.07) is 0. The van der Waals surface area contributed by atoms with E-state index >= 15 is 0 Å². The van der Waals surface area contributed by atoms with Gasteiger partial charge in [0.25, 0.3) is 0 Å². The molecule has 0 saturated heterocycles. The molecule has 122 valence electrons. The van der Waals surface area contributed by atoms with E-state index in [2.05, 4.69) is 20.2 Å². The molecule has 10 nitrogen and oxygen atoms in total. The van der Waals surface area contributed by atoms with Crippen LogP contribution in [-0.4, -0.2) is 30.8 Å². The maximum absolute atomic E-state index is 12.0. The van der Waals surface area contributed by atoms with Crippen LogP contribution in [0.3, 0.4) is 0 Å². The van der Waals surface area contributed by atoms with Crippen molar-refractivity contribution in [2.24, 2.45) is 10.2 Å². The quantitative estimate of drug-likeness (QED) is 0.485. The molecule has 0 spiro atoms. The summed E-state index contributed by atoms with van der Waals surface area (Å²) in [7, 11) is 0. The van der Waals surface area contributed by atoms with Crippen LogP contribution >= 0.6 is 0 Å². The van der Waals surface area contributed by atoms with Crippen molar-refractivity contribution >= 4 is 23.3 Å². The first kappa shape index (κ1) is 17.5. The van der Waals surface area contributed by atoms with Crippen LogP contribution in [0.15, 0.2) is 10.2 Å². The monoisotopic (exact) mass is 310 g/mol. The van der Waals surface area contributed by atoms with Crippen molar-refractivity contribution in [3.63, 3.8) is 0 Å². The lowest BCUT2D eigenvalue weighted by Gasteiger charge is -2.15. The Morgan fingerprint density at radius 2 is 1.09 bits per heavy atom.